The van der Waals surface area contributed by atoms with Crippen LogP contribution in [0, 0.1) is 11.3 Å². The maximum Gasteiger partial charge on any atom is 0.258 e. The van der Waals surface area contributed by atoms with Crippen LogP contribution >= 0.6 is 22.7 Å². The van der Waals surface area contributed by atoms with E-state index in [4.69, 9.17) is 0 Å². The molecule has 2 aliphatic rings. The number of thiophene rings is 1. The fourth-order valence-corrected chi connectivity index (χ4v) is 6.58. The van der Waals surface area contributed by atoms with Crippen LogP contribution in [0.15, 0.2) is 22.4 Å². The number of piperazine rings is 1. The Bertz CT molecular complexity index is 1260. The van der Waals surface area contributed by atoms with Crippen molar-refractivity contribution in [2.24, 2.45) is 0 Å². The van der Waals surface area contributed by atoms with E-state index in [1.54, 1.807) is 28.0 Å². The Morgan fingerprint density at radius 1 is 1.18 bits per heavy atom. The molecule has 1 N–H and O–H groups in total. The van der Waals surface area contributed by atoms with Crippen molar-refractivity contribution in [1.29, 1.82) is 5.26 Å². The Balaban J connectivity index is 1.10. The molecule has 0 radical (unpaired) electrons. The molecule has 1 aliphatic heterocycles. The van der Waals surface area contributed by atoms with Gasteiger partial charge < -0.3 is 10.2 Å². The largest absolute Gasteiger partial charge is 0.317 e. The van der Waals surface area contributed by atoms with Gasteiger partial charge in [0.05, 0.1) is 11.3 Å². The Kier molecular flexibility index (Phi) is 6.55. The summed E-state index contributed by atoms with van der Waals surface area (Å²) in [5.74, 6) is -0.0264. The van der Waals surface area contributed by atoms with E-state index in [0.717, 1.165) is 73.1 Å². The van der Waals surface area contributed by atoms with Gasteiger partial charge in [0.25, 0.3) is 5.56 Å². The topological polar surface area (TPSA) is 93.7 Å². The molecular formula is C23H26N6O2S2. The number of hydrogen-bond acceptors (Lipinski definition) is 8. The van der Waals surface area contributed by atoms with E-state index >= 15 is 0 Å². The lowest BCUT2D eigenvalue weighted by atomic mass is 9.96. The van der Waals surface area contributed by atoms with Crippen molar-refractivity contribution in [2.75, 3.05) is 38.0 Å². The summed E-state index contributed by atoms with van der Waals surface area (Å²) in [5.41, 5.74) is 2.59. The molecule has 1 amide bonds. The van der Waals surface area contributed by atoms with Crippen LogP contribution in [-0.4, -0.2) is 57.8 Å². The number of carbonyl (C=O) groups is 1. The van der Waals surface area contributed by atoms with Gasteiger partial charge in [0, 0.05) is 68.2 Å². The third-order valence-corrected chi connectivity index (χ3v) is 8.36. The van der Waals surface area contributed by atoms with Gasteiger partial charge in [-0.3, -0.25) is 18.9 Å². The fraction of sp³-hybridized carbons (Fsp3) is 0.478. The molecule has 0 aromatic carbocycles. The molecule has 0 bridgehead atoms. The summed E-state index contributed by atoms with van der Waals surface area (Å²) in [6, 6.07) is 3.92. The van der Waals surface area contributed by atoms with E-state index in [-0.39, 0.29) is 11.5 Å². The van der Waals surface area contributed by atoms with Gasteiger partial charge in [0.2, 0.25) is 5.91 Å². The van der Waals surface area contributed by atoms with Crippen LogP contribution in [0.2, 0.25) is 0 Å². The first-order chi connectivity index (χ1) is 16.1. The van der Waals surface area contributed by atoms with Gasteiger partial charge >= 0.3 is 0 Å². The van der Waals surface area contributed by atoms with Crippen LogP contribution in [0.5, 0.6) is 0 Å². The van der Waals surface area contributed by atoms with Gasteiger partial charge in [-0.1, -0.05) is 0 Å². The van der Waals surface area contributed by atoms with Crippen molar-refractivity contribution in [2.45, 2.75) is 38.6 Å². The highest BCUT2D eigenvalue weighted by atomic mass is 32.1. The van der Waals surface area contributed by atoms with Crippen LogP contribution in [-0.2, 0) is 24.2 Å². The molecule has 1 saturated heterocycles. The van der Waals surface area contributed by atoms with Crippen LogP contribution in [0.1, 0.15) is 41.0 Å². The minimum Gasteiger partial charge on any atom is -0.317 e. The molecule has 0 saturated carbocycles. The summed E-state index contributed by atoms with van der Waals surface area (Å²) in [5, 5.41) is 15.2. The molecule has 1 fully saturated rings. The number of nitriles is 1. The highest BCUT2D eigenvalue weighted by Crippen LogP contribution is 2.37. The lowest BCUT2D eigenvalue weighted by Gasteiger charge is -2.34. The quantitative estimate of drug-likeness (QED) is 0.581. The first-order valence-corrected chi connectivity index (χ1v) is 13.1. The monoisotopic (exact) mass is 482 g/mol. The highest BCUT2D eigenvalue weighted by Gasteiger charge is 2.23. The molecule has 3 aromatic heterocycles. The molecule has 0 spiro atoms. The van der Waals surface area contributed by atoms with E-state index in [0.29, 0.717) is 25.1 Å². The van der Waals surface area contributed by atoms with Crippen LogP contribution in [0.25, 0.3) is 4.96 Å². The zero-order valence-corrected chi connectivity index (χ0v) is 20.0. The Morgan fingerprint density at radius 3 is 2.79 bits per heavy atom. The number of hydrogen-bond donors (Lipinski definition) is 1. The summed E-state index contributed by atoms with van der Waals surface area (Å²) >= 11 is 3.04. The average molecular weight is 483 g/mol. The zero-order valence-electron chi connectivity index (χ0n) is 18.4. The van der Waals surface area contributed by atoms with Crippen molar-refractivity contribution in [3.05, 3.63) is 49.7 Å². The van der Waals surface area contributed by atoms with Crippen molar-refractivity contribution >= 4 is 38.5 Å². The molecular weight excluding hydrogens is 456 g/mol. The van der Waals surface area contributed by atoms with E-state index in [1.807, 2.05) is 5.38 Å². The molecule has 33 heavy (non-hydrogen) atoms. The van der Waals surface area contributed by atoms with Gasteiger partial charge in [-0.25, -0.2) is 4.98 Å². The first-order valence-electron chi connectivity index (χ1n) is 11.4. The summed E-state index contributed by atoms with van der Waals surface area (Å²) in [4.78, 5) is 35.9. The maximum atomic E-state index is 12.6. The van der Waals surface area contributed by atoms with Gasteiger partial charge in [-0.05, 0) is 31.2 Å². The Labute approximate surface area is 200 Å². The van der Waals surface area contributed by atoms with Crippen molar-refractivity contribution in [1.82, 2.24) is 19.2 Å². The Morgan fingerprint density at radius 2 is 1.97 bits per heavy atom. The zero-order chi connectivity index (χ0) is 22.8. The molecule has 0 atom stereocenters. The number of thiazole rings is 1. The molecule has 8 nitrogen and oxygen atoms in total. The van der Waals surface area contributed by atoms with E-state index in [9.17, 15) is 14.9 Å². The second-order valence-corrected chi connectivity index (χ2v) is 10.6. The third-order valence-electron chi connectivity index (χ3n) is 6.40. The van der Waals surface area contributed by atoms with E-state index in [1.165, 1.54) is 16.2 Å². The fourth-order valence-electron chi connectivity index (χ4n) is 4.59. The second-order valence-electron chi connectivity index (χ2n) is 8.58. The molecule has 3 aromatic rings. The smallest absolute Gasteiger partial charge is 0.258 e. The number of aromatic nitrogens is 2. The second kappa shape index (κ2) is 9.73. The first kappa shape index (κ1) is 22.2. The van der Waals surface area contributed by atoms with E-state index < -0.39 is 0 Å². The highest BCUT2D eigenvalue weighted by molar-refractivity contribution is 7.16. The van der Waals surface area contributed by atoms with Gasteiger partial charge in [0.15, 0.2) is 4.96 Å². The molecule has 10 heteroatoms. The maximum absolute atomic E-state index is 12.6. The number of nitrogens with zero attached hydrogens (tertiary/aromatic N) is 5. The molecule has 0 unspecified atom stereocenters. The number of amides is 1. The Hall–Kier alpha value is -2.58. The number of rotatable bonds is 6. The number of fused-ring (bicyclic) bond motifs is 2. The number of carbonyl (C=O) groups excluding carboxylic acids is 1. The SMILES string of the molecule is N#Cc1c(NC(=O)CCN2CCN(Cc3cc(=O)n4ccsc4n3)CC2)sc2c1CCCC2. The molecule has 5 rings (SSSR count). The van der Waals surface area contributed by atoms with E-state index in [2.05, 4.69) is 26.2 Å². The van der Waals surface area contributed by atoms with Gasteiger partial charge in [0.1, 0.15) is 11.1 Å². The van der Waals surface area contributed by atoms with Crippen LogP contribution < -0.4 is 10.9 Å². The normalized spacial score (nSPS) is 17.1. The van der Waals surface area contributed by atoms with Crippen molar-refractivity contribution in [3.8, 4) is 6.07 Å². The minimum absolute atomic E-state index is 0.0264. The van der Waals surface area contributed by atoms with Crippen molar-refractivity contribution < 1.29 is 4.79 Å². The lowest BCUT2D eigenvalue weighted by molar-refractivity contribution is -0.116. The number of nitrogens with one attached hydrogen (secondary N) is 1. The lowest BCUT2D eigenvalue weighted by Crippen LogP contribution is -2.46. The average Bonchev–Trinajstić information content (AvgIpc) is 3.43. The predicted molar refractivity (Wildman–Crippen MR) is 130 cm³/mol. The summed E-state index contributed by atoms with van der Waals surface area (Å²) in [6.45, 7) is 4.88. The van der Waals surface area contributed by atoms with Crippen LogP contribution in [0.4, 0.5) is 5.00 Å². The summed E-state index contributed by atoms with van der Waals surface area (Å²) < 4.78 is 1.57. The van der Waals surface area contributed by atoms with Gasteiger partial charge in [-0.2, -0.15) is 5.26 Å². The number of anilines is 1. The van der Waals surface area contributed by atoms with Crippen LogP contribution in [0.3, 0.4) is 0 Å². The predicted octanol–water partition coefficient (Wildman–Crippen LogP) is 2.71. The summed E-state index contributed by atoms with van der Waals surface area (Å²) in [7, 11) is 0. The van der Waals surface area contributed by atoms with Crippen molar-refractivity contribution in [3.63, 3.8) is 0 Å². The molecule has 172 valence electrons. The summed E-state index contributed by atoms with van der Waals surface area (Å²) in [6.07, 6.45) is 6.41. The number of aryl methyl sites for hydroxylation is 1. The third kappa shape index (κ3) is 4.87. The molecule has 1 aliphatic carbocycles. The van der Waals surface area contributed by atoms with Gasteiger partial charge in [-0.15, -0.1) is 22.7 Å². The minimum atomic E-state index is -0.0351. The standard InChI is InChI=1S/C23H26N6O2S2/c24-14-18-17-3-1-2-4-19(17)33-22(18)26-20(30)5-6-27-7-9-28(10-8-27)15-16-13-21(31)29-11-12-32-23(29)25-16/h11-13H,1-10,15H2,(H,26,30). The molecule has 4 heterocycles.